The molecule has 0 spiro atoms. The number of rotatable bonds is 8. The molecule has 0 bridgehead atoms. The summed E-state index contributed by atoms with van der Waals surface area (Å²) in [6, 6.07) is 9.69. The molecule has 102 valence electrons. The molecular formula is C17H29N. The molecule has 1 atom stereocenters. The van der Waals surface area contributed by atoms with Crippen LogP contribution in [0.4, 0.5) is 0 Å². The average molecular weight is 247 g/mol. The van der Waals surface area contributed by atoms with Gasteiger partial charge in [-0.05, 0) is 44.8 Å². The summed E-state index contributed by atoms with van der Waals surface area (Å²) < 4.78 is 0. The van der Waals surface area contributed by atoms with Gasteiger partial charge in [0.05, 0.1) is 0 Å². The van der Waals surface area contributed by atoms with E-state index in [1.165, 1.54) is 49.9 Å². The molecule has 1 rings (SSSR count). The Kier molecular flexibility index (Phi) is 7.04. The molecule has 0 saturated carbocycles. The van der Waals surface area contributed by atoms with Crippen molar-refractivity contribution in [1.82, 2.24) is 4.90 Å². The van der Waals surface area contributed by atoms with Crippen molar-refractivity contribution in [2.75, 3.05) is 13.1 Å². The lowest BCUT2D eigenvalue weighted by molar-refractivity contribution is 0.193. The molecule has 0 aromatic heterocycles. The molecule has 0 N–H and O–H groups in total. The van der Waals surface area contributed by atoms with Crippen molar-refractivity contribution in [3.63, 3.8) is 0 Å². The van der Waals surface area contributed by atoms with Crippen molar-refractivity contribution in [1.29, 1.82) is 0 Å². The summed E-state index contributed by atoms with van der Waals surface area (Å²) in [6.07, 6.45) is 5.03. The lowest BCUT2D eigenvalue weighted by Crippen LogP contribution is -2.37. The monoisotopic (exact) mass is 247 g/mol. The topological polar surface area (TPSA) is 3.24 Å². The van der Waals surface area contributed by atoms with Gasteiger partial charge in [0.15, 0.2) is 0 Å². The Bertz CT molecular complexity index is 332. The van der Waals surface area contributed by atoms with Gasteiger partial charge in [0.1, 0.15) is 0 Å². The minimum absolute atomic E-state index is 0.710. The Balaban J connectivity index is 2.72. The molecule has 18 heavy (non-hydrogen) atoms. The Morgan fingerprint density at radius 2 is 1.89 bits per heavy atom. The van der Waals surface area contributed by atoms with Crippen LogP contribution in [0, 0.1) is 6.92 Å². The van der Waals surface area contributed by atoms with Gasteiger partial charge in [-0.2, -0.15) is 0 Å². The molecule has 1 unspecified atom stereocenters. The Morgan fingerprint density at radius 1 is 1.11 bits per heavy atom. The van der Waals surface area contributed by atoms with E-state index in [1.54, 1.807) is 0 Å². The van der Waals surface area contributed by atoms with Crippen molar-refractivity contribution in [2.24, 2.45) is 0 Å². The first-order valence-corrected chi connectivity index (χ1v) is 7.50. The number of aryl methyl sites for hydroxylation is 1. The molecule has 0 saturated heterocycles. The normalized spacial score (nSPS) is 12.9. The van der Waals surface area contributed by atoms with E-state index in [0.717, 1.165) is 0 Å². The van der Waals surface area contributed by atoms with E-state index in [-0.39, 0.29) is 0 Å². The van der Waals surface area contributed by atoms with E-state index in [1.807, 2.05) is 0 Å². The average Bonchev–Trinajstić information content (AvgIpc) is 2.35. The van der Waals surface area contributed by atoms with Crippen LogP contribution in [-0.4, -0.2) is 24.0 Å². The maximum Gasteiger partial charge on any atom is 0.0135 e. The zero-order chi connectivity index (χ0) is 13.4. The molecule has 0 radical (unpaired) electrons. The Morgan fingerprint density at radius 3 is 2.44 bits per heavy atom. The van der Waals surface area contributed by atoms with Crippen molar-refractivity contribution >= 4 is 0 Å². The third-order valence-corrected chi connectivity index (χ3v) is 3.61. The van der Waals surface area contributed by atoms with E-state index in [4.69, 9.17) is 0 Å². The van der Waals surface area contributed by atoms with Crippen LogP contribution in [-0.2, 0) is 6.42 Å². The number of hydrogen-bond acceptors (Lipinski definition) is 1. The highest BCUT2D eigenvalue weighted by atomic mass is 15.1. The van der Waals surface area contributed by atoms with Crippen molar-refractivity contribution in [2.45, 2.75) is 59.4 Å². The number of benzene rings is 1. The van der Waals surface area contributed by atoms with Gasteiger partial charge in [-0.25, -0.2) is 0 Å². The van der Waals surface area contributed by atoms with Crippen LogP contribution in [0.15, 0.2) is 24.3 Å². The first kappa shape index (κ1) is 15.2. The van der Waals surface area contributed by atoms with Crippen LogP contribution in [0.3, 0.4) is 0 Å². The molecule has 0 amide bonds. The lowest BCUT2D eigenvalue weighted by atomic mass is 9.99. The van der Waals surface area contributed by atoms with Crippen molar-refractivity contribution in [3.8, 4) is 0 Å². The van der Waals surface area contributed by atoms with Crippen LogP contribution < -0.4 is 0 Å². The maximum atomic E-state index is 2.64. The fourth-order valence-electron chi connectivity index (χ4n) is 2.74. The Labute approximate surface area is 113 Å². The highest BCUT2D eigenvalue weighted by Crippen LogP contribution is 2.15. The van der Waals surface area contributed by atoms with Gasteiger partial charge >= 0.3 is 0 Å². The van der Waals surface area contributed by atoms with E-state index >= 15 is 0 Å². The highest BCUT2D eigenvalue weighted by molar-refractivity contribution is 5.23. The third-order valence-electron chi connectivity index (χ3n) is 3.61. The van der Waals surface area contributed by atoms with E-state index in [9.17, 15) is 0 Å². The van der Waals surface area contributed by atoms with Gasteiger partial charge < -0.3 is 4.90 Å². The lowest BCUT2D eigenvalue weighted by Gasteiger charge is -2.30. The van der Waals surface area contributed by atoms with Crippen LogP contribution >= 0.6 is 0 Å². The van der Waals surface area contributed by atoms with E-state index in [2.05, 4.69) is 56.9 Å². The number of likely N-dealkylation sites (N-methyl/N-ethyl adjacent to an activating group) is 1. The van der Waals surface area contributed by atoms with Crippen LogP contribution in [0.1, 0.15) is 51.2 Å². The number of nitrogens with zero attached hydrogens (tertiary/aromatic N) is 1. The van der Waals surface area contributed by atoms with Crippen LogP contribution in [0.5, 0.6) is 0 Å². The van der Waals surface area contributed by atoms with Gasteiger partial charge in [-0.1, -0.05) is 57.0 Å². The molecule has 1 nitrogen and oxygen atoms in total. The molecule has 0 aliphatic rings. The zero-order valence-electron chi connectivity index (χ0n) is 12.6. The summed E-state index contributed by atoms with van der Waals surface area (Å²) in [6.45, 7) is 11.4. The summed E-state index contributed by atoms with van der Waals surface area (Å²) >= 11 is 0. The molecule has 0 aliphatic carbocycles. The first-order valence-electron chi connectivity index (χ1n) is 7.50. The molecule has 1 heteroatoms. The van der Waals surface area contributed by atoms with Gasteiger partial charge in [0.2, 0.25) is 0 Å². The maximum absolute atomic E-state index is 2.64. The summed E-state index contributed by atoms with van der Waals surface area (Å²) in [5.74, 6) is 0. The Hall–Kier alpha value is -0.820. The summed E-state index contributed by atoms with van der Waals surface area (Å²) in [7, 11) is 0. The molecule has 1 aromatic rings. The standard InChI is InChI=1S/C17H29N/c1-5-9-17(18(7-3)12-6-2)14-16-11-8-10-15(4)13-16/h8,10-11,13,17H,5-7,9,12,14H2,1-4H3. The van der Waals surface area contributed by atoms with E-state index < -0.39 is 0 Å². The predicted molar refractivity (Wildman–Crippen MR) is 81.1 cm³/mol. The summed E-state index contributed by atoms with van der Waals surface area (Å²) in [5, 5.41) is 0. The largest absolute Gasteiger partial charge is 0.300 e. The van der Waals surface area contributed by atoms with Crippen molar-refractivity contribution < 1.29 is 0 Å². The van der Waals surface area contributed by atoms with Gasteiger partial charge in [0.25, 0.3) is 0 Å². The smallest absolute Gasteiger partial charge is 0.0135 e. The quantitative estimate of drug-likeness (QED) is 0.656. The SMILES string of the molecule is CCCC(Cc1cccc(C)c1)N(CC)CCC. The molecular weight excluding hydrogens is 218 g/mol. The fraction of sp³-hybridized carbons (Fsp3) is 0.647. The minimum atomic E-state index is 0.710. The second-order valence-electron chi connectivity index (χ2n) is 5.26. The summed E-state index contributed by atoms with van der Waals surface area (Å²) in [5.41, 5.74) is 2.87. The van der Waals surface area contributed by atoms with Crippen molar-refractivity contribution in [3.05, 3.63) is 35.4 Å². The van der Waals surface area contributed by atoms with Crippen LogP contribution in [0.2, 0.25) is 0 Å². The number of hydrogen-bond donors (Lipinski definition) is 0. The minimum Gasteiger partial charge on any atom is -0.300 e. The zero-order valence-corrected chi connectivity index (χ0v) is 12.6. The van der Waals surface area contributed by atoms with Gasteiger partial charge in [0, 0.05) is 6.04 Å². The molecule has 1 aromatic carbocycles. The molecule has 0 heterocycles. The third kappa shape index (κ3) is 4.81. The second kappa shape index (κ2) is 8.31. The molecule has 0 aliphatic heterocycles. The van der Waals surface area contributed by atoms with Gasteiger partial charge in [-0.3, -0.25) is 0 Å². The summed E-state index contributed by atoms with van der Waals surface area (Å²) in [4.78, 5) is 2.64. The fourth-order valence-corrected chi connectivity index (χ4v) is 2.74. The second-order valence-corrected chi connectivity index (χ2v) is 5.26. The first-order chi connectivity index (χ1) is 8.71. The highest BCUT2D eigenvalue weighted by Gasteiger charge is 2.15. The van der Waals surface area contributed by atoms with E-state index in [0.29, 0.717) is 6.04 Å². The van der Waals surface area contributed by atoms with Gasteiger partial charge in [-0.15, -0.1) is 0 Å². The molecule has 0 fully saturated rings. The predicted octanol–water partition coefficient (Wildman–Crippen LogP) is 4.44. The van der Waals surface area contributed by atoms with Crippen LogP contribution in [0.25, 0.3) is 0 Å².